The molecule has 0 saturated heterocycles. The van der Waals surface area contributed by atoms with Gasteiger partial charge in [0.25, 0.3) is 0 Å². The predicted octanol–water partition coefficient (Wildman–Crippen LogP) is 2.05. The van der Waals surface area contributed by atoms with Crippen molar-refractivity contribution in [1.82, 2.24) is 14.7 Å². The first-order valence-electron chi connectivity index (χ1n) is 8.21. The fourth-order valence-corrected chi connectivity index (χ4v) is 3.21. The minimum Gasteiger partial charge on any atom is -0.372 e. The molecule has 2 aromatic rings. The first kappa shape index (κ1) is 16.9. The summed E-state index contributed by atoms with van der Waals surface area (Å²) in [6.45, 7) is 3.70. The van der Waals surface area contributed by atoms with E-state index in [2.05, 4.69) is 16.1 Å². The minimum absolute atomic E-state index is 0.0238. The fourth-order valence-electron chi connectivity index (χ4n) is 3.21. The Morgan fingerprint density at radius 2 is 2.16 bits per heavy atom. The van der Waals surface area contributed by atoms with E-state index in [0.29, 0.717) is 13.1 Å². The zero-order valence-corrected chi connectivity index (χ0v) is 14.3. The number of benzene rings is 1. The van der Waals surface area contributed by atoms with E-state index in [1.54, 1.807) is 0 Å². The Hall–Kier alpha value is -2.90. The van der Waals surface area contributed by atoms with Gasteiger partial charge in [0.15, 0.2) is 0 Å². The van der Waals surface area contributed by atoms with Crippen molar-refractivity contribution >= 4 is 17.3 Å². The highest BCUT2D eigenvalue weighted by atomic mass is 16.6. The maximum Gasteiger partial charge on any atom is 0.306 e. The molecule has 8 nitrogen and oxygen atoms in total. The van der Waals surface area contributed by atoms with Crippen molar-refractivity contribution < 1.29 is 9.72 Å². The average molecular weight is 343 g/mol. The van der Waals surface area contributed by atoms with Crippen LogP contribution in [0.2, 0.25) is 0 Å². The summed E-state index contributed by atoms with van der Waals surface area (Å²) >= 11 is 0. The molecule has 132 valence electrons. The molecule has 0 N–H and O–H groups in total. The van der Waals surface area contributed by atoms with E-state index in [-0.39, 0.29) is 24.1 Å². The number of aryl methyl sites for hydroxylation is 1. The largest absolute Gasteiger partial charge is 0.372 e. The SMILES string of the molecule is C[C@@H]1CN(C)c2ccccc2CN1C(=O)CCn1cc([N+](=O)[O-])cn1. The van der Waals surface area contributed by atoms with E-state index < -0.39 is 4.92 Å². The molecule has 1 aromatic carbocycles. The van der Waals surface area contributed by atoms with Crippen molar-refractivity contribution in [3.63, 3.8) is 0 Å². The number of aromatic nitrogens is 2. The van der Waals surface area contributed by atoms with E-state index in [0.717, 1.165) is 17.8 Å². The lowest BCUT2D eigenvalue weighted by molar-refractivity contribution is -0.385. The molecule has 0 saturated carbocycles. The smallest absolute Gasteiger partial charge is 0.306 e. The van der Waals surface area contributed by atoms with Crippen LogP contribution in [0, 0.1) is 10.1 Å². The molecule has 1 atom stereocenters. The van der Waals surface area contributed by atoms with Gasteiger partial charge in [-0.2, -0.15) is 5.10 Å². The van der Waals surface area contributed by atoms with Crippen LogP contribution in [0.15, 0.2) is 36.7 Å². The van der Waals surface area contributed by atoms with Gasteiger partial charge in [0.1, 0.15) is 12.4 Å². The lowest BCUT2D eigenvalue weighted by atomic mass is 10.1. The number of amides is 1. The Morgan fingerprint density at radius 1 is 1.40 bits per heavy atom. The summed E-state index contributed by atoms with van der Waals surface area (Å²) in [7, 11) is 2.03. The molecule has 1 aliphatic rings. The molecule has 8 heteroatoms. The maximum atomic E-state index is 12.7. The zero-order valence-electron chi connectivity index (χ0n) is 14.3. The van der Waals surface area contributed by atoms with Gasteiger partial charge >= 0.3 is 5.69 Å². The molecule has 0 bridgehead atoms. The second-order valence-electron chi connectivity index (χ2n) is 6.35. The highest BCUT2D eigenvalue weighted by Crippen LogP contribution is 2.26. The Bertz CT molecular complexity index is 788. The predicted molar refractivity (Wildman–Crippen MR) is 93.2 cm³/mol. The summed E-state index contributed by atoms with van der Waals surface area (Å²) in [5.74, 6) is 0.0238. The van der Waals surface area contributed by atoms with E-state index in [1.807, 2.05) is 37.1 Å². The molecular weight excluding hydrogens is 322 g/mol. The normalized spacial score (nSPS) is 17.1. The van der Waals surface area contributed by atoms with E-state index in [9.17, 15) is 14.9 Å². The molecule has 2 heterocycles. The van der Waals surface area contributed by atoms with Crippen molar-refractivity contribution in [3.05, 3.63) is 52.3 Å². The molecule has 0 aliphatic carbocycles. The monoisotopic (exact) mass is 343 g/mol. The van der Waals surface area contributed by atoms with Crippen molar-refractivity contribution in [2.24, 2.45) is 0 Å². The van der Waals surface area contributed by atoms with E-state index >= 15 is 0 Å². The van der Waals surface area contributed by atoms with Crippen LogP contribution in [0.1, 0.15) is 18.9 Å². The van der Waals surface area contributed by atoms with Gasteiger partial charge in [0, 0.05) is 44.8 Å². The molecule has 1 aromatic heterocycles. The van der Waals surface area contributed by atoms with E-state index in [1.165, 1.54) is 17.1 Å². The van der Waals surface area contributed by atoms with Crippen molar-refractivity contribution in [1.29, 1.82) is 0 Å². The molecular formula is C17H21N5O3. The van der Waals surface area contributed by atoms with Gasteiger partial charge in [0.05, 0.1) is 4.92 Å². The number of carbonyl (C=O) groups is 1. The first-order valence-corrected chi connectivity index (χ1v) is 8.21. The molecule has 1 aliphatic heterocycles. The summed E-state index contributed by atoms with van der Waals surface area (Å²) in [5, 5.41) is 14.6. The second kappa shape index (κ2) is 6.92. The number of nitrogens with zero attached hydrogens (tertiary/aromatic N) is 5. The van der Waals surface area contributed by atoms with Gasteiger partial charge in [-0.3, -0.25) is 19.6 Å². The number of carbonyl (C=O) groups excluding carboxylic acids is 1. The third-order valence-electron chi connectivity index (χ3n) is 4.52. The van der Waals surface area contributed by atoms with E-state index in [4.69, 9.17) is 0 Å². The lowest BCUT2D eigenvalue weighted by Gasteiger charge is -2.28. The van der Waals surface area contributed by atoms with Crippen LogP contribution in [-0.2, 0) is 17.9 Å². The number of nitro groups is 1. The summed E-state index contributed by atoms with van der Waals surface area (Å²) in [5.41, 5.74) is 2.20. The van der Waals surface area contributed by atoms with Crippen molar-refractivity contribution in [2.45, 2.75) is 32.5 Å². The number of hydrogen-bond donors (Lipinski definition) is 0. The summed E-state index contributed by atoms with van der Waals surface area (Å²) in [6, 6.07) is 8.17. The molecule has 0 spiro atoms. The Balaban J connectivity index is 1.69. The number of likely N-dealkylation sites (N-methyl/N-ethyl adjacent to an activating group) is 1. The van der Waals surface area contributed by atoms with Gasteiger partial charge in [-0.25, -0.2) is 0 Å². The standard InChI is InChI=1S/C17H21N5O3/c1-13-10-19(2)16-6-4-3-5-14(16)11-21(13)17(23)7-8-20-12-15(9-18-20)22(24)25/h3-6,9,12-13H,7-8,10-11H2,1-2H3/t13-/m1/s1. The van der Waals surface area contributed by atoms with Crippen molar-refractivity contribution in [3.8, 4) is 0 Å². The number of para-hydroxylation sites is 1. The van der Waals surface area contributed by atoms with Crippen LogP contribution in [-0.4, -0.2) is 45.1 Å². The summed E-state index contributed by atoms with van der Waals surface area (Å²) in [6.07, 6.45) is 2.81. The third-order valence-corrected chi connectivity index (χ3v) is 4.52. The highest BCUT2D eigenvalue weighted by molar-refractivity contribution is 5.77. The second-order valence-corrected chi connectivity index (χ2v) is 6.35. The van der Waals surface area contributed by atoms with Crippen LogP contribution in [0.25, 0.3) is 0 Å². The van der Waals surface area contributed by atoms with Crippen LogP contribution in [0.5, 0.6) is 0 Å². The summed E-state index contributed by atoms with van der Waals surface area (Å²) < 4.78 is 1.44. The fraction of sp³-hybridized carbons (Fsp3) is 0.412. The van der Waals surface area contributed by atoms with Crippen molar-refractivity contribution in [2.75, 3.05) is 18.5 Å². The van der Waals surface area contributed by atoms with Gasteiger partial charge < -0.3 is 9.80 Å². The van der Waals surface area contributed by atoms with Crippen LogP contribution in [0.4, 0.5) is 11.4 Å². The topological polar surface area (TPSA) is 84.5 Å². The molecule has 1 amide bonds. The Kier molecular flexibility index (Phi) is 4.69. The summed E-state index contributed by atoms with van der Waals surface area (Å²) in [4.78, 5) is 27.0. The minimum atomic E-state index is -0.491. The Morgan fingerprint density at radius 3 is 2.88 bits per heavy atom. The number of anilines is 1. The molecule has 0 fully saturated rings. The zero-order chi connectivity index (χ0) is 18.0. The number of fused-ring (bicyclic) bond motifs is 1. The number of hydrogen-bond acceptors (Lipinski definition) is 5. The third kappa shape index (κ3) is 3.62. The van der Waals surface area contributed by atoms with Gasteiger partial charge in [-0.15, -0.1) is 0 Å². The van der Waals surface area contributed by atoms with Crippen LogP contribution < -0.4 is 4.90 Å². The number of rotatable bonds is 4. The molecule has 3 rings (SSSR count). The van der Waals surface area contributed by atoms with Crippen LogP contribution >= 0.6 is 0 Å². The lowest BCUT2D eigenvalue weighted by Crippen LogP contribution is -2.42. The first-order chi connectivity index (χ1) is 12.0. The quantitative estimate of drug-likeness (QED) is 0.626. The molecule has 0 unspecified atom stereocenters. The highest BCUT2D eigenvalue weighted by Gasteiger charge is 2.26. The van der Waals surface area contributed by atoms with Gasteiger partial charge in [-0.05, 0) is 18.6 Å². The average Bonchev–Trinajstić information content (AvgIpc) is 3.02. The van der Waals surface area contributed by atoms with Gasteiger partial charge in [0.2, 0.25) is 5.91 Å². The molecule has 25 heavy (non-hydrogen) atoms. The van der Waals surface area contributed by atoms with Gasteiger partial charge in [-0.1, -0.05) is 18.2 Å². The van der Waals surface area contributed by atoms with Crippen LogP contribution in [0.3, 0.4) is 0 Å². The maximum absolute atomic E-state index is 12.7. The Labute approximate surface area is 145 Å². The molecule has 0 radical (unpaired) electrons.